The maximum Gasteiger partial charge on any atom is 0.163 e. The average molecular weight is 613 g/mol. The van der Waals surface area contributed by atoms with Crippen LogP contribution in [0, 0.1) is 0 Å². The molecule has 4 nitrogen and oxygen atoms in total. The maximum atomic E-state index is 5.47. The Morgan fingerprint density at radius 1 is 0.583 bits per heavy atom. The van der Waals surface area contributed by atoms with Crippen molar-refractivity contribution in [3.63, 3.8) is 0 Å². The van der Waals surface area contributed by atoms with Gasteiger partial charge in [0, 0.05) is 44.6 Å². The molecule has 1 atom stereocenters. The summed E-state index contributed by atoms with van der Waals surface area (Å²) < 4.78 is 2.48. The lowest BCUT2D eigenvalue weighted by Crippen LogP contribution is -2.10. The minimum atomic E-state index is -0.0444. The molecule has 0 fully saturated rings. The summed E-state index contributed by atoms with van der Waals surface area (Å²) in [5.74, 6) is 0.790. The minimum absolute atomic E-state index is 0.0444. The van der Waals surface area contributed by atoms with Gasteiger partial charge in [0.1, 0.15) is 5.82 Å². The smallest absolute Gasteiger partial charge is 0.163 e. The molecule has 0 bridgehead atoms. The van der Waals surface area contributed by atoms with E-state index in [0.717, 1.165) is 41.0 Å². The van der Waals surface area contributed by atoms with Gasteiger partial charge in [-0.25, -0.2) is 15.0 Å². The van der Waals surface area contributed by atoms with Gasteiger partial charge >= 0.3 is 0 Å². The summed E-state index contributed by atoms with van der Waals surface area (Å²) in [4.78, 5) is 15.6. The van der Waals surface area contributed by atoms with E-state index in [-0.39, 0.29) is 5.92 Å². The highest BCUT2D eigenvalue weighted by atomic mass is 15.0. The van der Waals surface area contributed by atoms with E-state index in [2.05, 4.69) is 132 Å². The van der Waals surface area contributed by atoms with Gasteiger partial charge in [-0.05, 0) is 76.2 Å². The largest absolute Gasteiger partial charge is 0.308 e. The monoisotopic (exact) mass is 612 g/mol. The predicted octanol–water partition coefficient (Wildman–Crippen LogP) is 10.7. The van der Waals surface area contributed by atoms with Gasteiger partial charge in [0.2, 0.25) is 0 Å². The Morgan fingerprint density at radius 3 is 2.19 bits per heavy atom. The molecule has 0 saturated heterocycles. The average Bonchev–Trinajstić information content (AvgIpc) is 3.60. The molecule has 1 aliphatic carbocycles. The van der Waals surface area contributed by atoms with Crippen molar-refractivity contribution >= 4 is 59.9 Å². The standard InChI is InChI=1S/C44H28N4/c1-2-12-27(13-3-1)41-34-17-10-24-45-43(34)47-44(46-41)33-23-22-29-28-14-5-4-11-26(28)20-21-30(29)35-25-36-31-15-6-8-18-37(31)48-38-19-9-7-16-32(38)40(39(33)35)42(36)48/h1-21,24-25,33H,22-23H2. The Bertz CT molecular complexity index is 2900. The molecule has 6 aromatic carbocycles. The molecule has 10 aromatic rings. The van der Waals surface area contributed by atoms with Gasteiger partial charge in [-0.2, -0.15) is 0 Å². The first-order valence-electron chi connectivity index (χ1n) is 16.7. The van der Waals surface area contributed by atoms with Crippen molar-refractivity contribution in [1.82, 2.24) is 19.4 Å². The second-order valence-corrected chi connectivity index (χ2v) is 13.1. The molecule has 1 unspecified atom stereocenters. The van der Waals surface area contributed by atoms with E-state index in [0.29, 0.717) is 0 Å². The lowest BCUT2D eigenvalue weighted by atomic mass is 9.85. The van der Waals surface area contributed by atoms with Gasteiger partial charge in [-0.15, -0.1) is 0 Å². The Morgan fingerprint density at radius 2 is 1.31 bits per heavy atom. The summed E-state index contributed by atoms with van der Waals surface area (Å²) in [5, 5.41) is 8.74. The molecule has 0 saturated carbocycles. The highest BCUT2D eigenvalue weighted by Gasteiger charge is 2.33. The molecule has 0 aliphatic heterocycles. The first-order chi connectivity index (χ1) is 23.8. The molecule has 224 valence electrons. The Kier molecular flexibility index (Phi) is 5.25. The van der Waals surface area contributed by atoms with Crippen LogP contribution in [0.25, 0.3) is 82.3 Å². The molecule has 4 heterocycles. The van der Waals surface area contributed by atoms with Crippen molar-refractivity contribution in [3.8, 4) is 22.4 Å². The highest BCUT2D eigenvalue weighted by molar-refractivity contribution is 6.26. The predicted molar refractivity (Wildman–Crippen MR) is 197 cm³/mol. The topological polar surface area (TPSA) is 43.1 Å². The van der Waals surface area contributed by atoms with E-state index in [1.54, 1.807) is 0 Å². The summed E-state index contributed by atoms with van der Waals surface area (Å²) in [6.07, 6.45) is 3.66. The molecule has 48 heavy (non-hydrogen) atoms. The molecular formula is C44H28N4. The number of para-hydroxylation sites is 2. The van der Waals surface area contributed by atoms with Crippen LogP contribution in [0.2, 0.25) is 0 Å². The SMILES string of the molecule is c1ccc(-c2nc(C3CCc4c(ccc5ccccc45)-c4cc5c6ccccc6n6c7ccccc7c(c43)c56)nc3ncccc23)cc1. The van der Waals surface area contributed by atoms with Gasteiger partial charge in [0.25, 0.3) is 0 Å². The number of benzene rings is 6. The van der Waals surface area contributed by atoms with E-state index >= 15 is 0 Å². The lowest BCUT2D eigenvalue weighted by molar-refractivity contribution is 0.690. The second kappa shape index (κ2) is 9.69. The molecule has 0 spiro atoms. The second-order valence-electron chi connectivity index (χ2n) is 13.1. The van der Waals surface area contributed by atoms with E-state index in [1.165, 1.54) is 71.1 Å². The summed E-state index contributed by atoms with van der Waals surface area (Å²) >= 11 is 0. The summed E-state index contributed by atoms with van der Waals surface area (Å²) in [7, 11) is 0. The van der Waals surface area contributed by atoms with Gasteiger partial charge in [0.05, 0.1) is 22.2 Å². The van der Waals surface area contributed by atoms with Crippen molar-refractivity contribution < 1.29 is 0 Å². The number of nitrogens with zero attached hydrogens (tertiary/aromatic N) is 4. The molecule has 11 rings (SSSR count). The summed E-state index contributed by atoms with van der Waals surface area (Å²) in [6, 6.07) is 48.3. The maximum absolute atomic E-state index is 5.47. The number of aromatic nitrogens is 4. The van der Waals surface area contributed by atoms with Crippen LogP contribution in [0.1, 0.15) is 29.3 Å². The van der Waals surface area contributed by atoms with Crippen LogP contribution in [0.15, 0.2) is 140 Å². The van der Waals surface area contributed by atoms with Crippen molar-refractivity contribution in [2.24, 2.45) is 0 Å². The molecular weight excluding hydrogens is 585 g/mol. The summed E-state index contributed by atoms with van der Waals surface area (Å²) in [5.41, 5.74) is 11.8. The number of hydrogen-bond acceptors (Lipinski definition) is 3. The van der Waals surface area contributed by atoms with Crippen molar-refractivity contribution in [3.05, 3.63) is 157 Å². The van der Waals surface area contributed by atoms with Gasteiger partial charge in [-0.3, -0.25) is 0 Å². The normalized spacial score (nSPS) is 14.7. The summed E-state index contributed by atoms with van der Waals surface area (Å²) in [6.45, 7) is 0. The number of rotatable bonds is 2. The number of fused-ring (bicyclic) bond motifs is 13. The van der Waals surface area contributed by atoms with E-state index in [4.69, 9.17) is 15.0 Å². The van der Waals surface area contributed by atoms with E-state index < -0.39 is 0 Å². The number of hydrogen-bond donors (Lipinski definition) is 0. The molecule has 1 aliphatic rings. The number of pyridine rings is 1. The van der Waals surface area contributed by atoms with Crippen molar-refractivity contribution in [2.45, 2.75) is 18.8 Å². The first kappa shape index (κ1) is 26.0. The molecule has 0 N–H and O–H groups in total. The Labute approximate surface area is 276 Å². The zero-order chi connectivity index (χ0) is 31.3. The van der Waals surface area contributed by atoms with Gasteiger partial charge in [-0.1, -0.05) is 103 Å². The lowest BCUT2D eigenvalue weighted by Gasteiger charge is -2.20. The molecule has 4 heteroatoms. The minimum Gasteiger partial charge on any atom is -0.308 e. The third kappa shape index (κ3) is 3.46. The zero-order valence-corrected chi connectivity index (χ0v) is 26.1. The van der Waals surface area contributed by atoms with Crippen molar-refractivity contribution in [2.75, 3.05) is 0 Å². The zero-order valence-electron chi connectivity index (χ0n) is 26.1. The van der Waals surface area contributed by atoms with Crippen LogP contribution < -0.4 is 0 Å². The third-order valence-corrected chi connectivity index (χ3v) is 10.6. The van der Waals surface area contributed by atoms with Crippen molar-refractivity contribution in [1.29, 1.82) is 0 Å². The van der Waals surface area contributed by atoms with E-state index in [1.807, 2.05) is 12.3 Å². The molecule has 0 radical (unpaired) electrons. The molecule has 0 amide bonds. The van der Waals surface area contributed by atoms with Crippen LogP contribution in [0.3, 0.4) is 0 Å². The van der Waals surface area contributed by atoms with Crippen LogP contribution in [0.5, 0.6) is 0 Å². The van der Waals surface area contributed by atoms with Gasteiger partial charge in [0.15, 0.2) is 5.65 Å². The Balaban J connectivity index is 1.32. The fourth-order valence-corrected chi connectivity index (χ4v) is 8.63. The Hall–Kier alpha value is -6.13. The third-order valence-electron chi connectivity index (χ3n) is 10.6. The van der Waals surface area contributed by atoms with Gasteiger partial charge < -0.3 is 4.40 Å². The van der Waals surface area contributed by atoms with Crippen LogP contribution >= 0.6 is 0 Å². The highest BCUT2D eigenvalue weighted by Crippen LogP contribution is 2.51. The first-order valence-corrected chi connectivity index (χ1v) is 16.7. The fraction of sp³-hybridized carbons (Fsp3) is 0.0682. The van der Waals surface area contributed by atoms with Crippen LogP contribution in [0.4, 0.5) is 0 Å². The van der Waals surface area contributed by atoms with Crippen LogP contribution in [-0.4, -0.2) is 19.4 Å². The number of aryl methyl sites for hydroxylation is 1. The quantitative estimate of drug-likeness (QED) is 0.195. The molecule has 4 aromatic heterocycles. The fourth-order valence-electron chi connectivity index (χ4n) is 8.63. The van der Waals surface area contributed by atoms with Crippen LogP contribution in [-0.2, 0) is 6.42 Å². The van der Waals surface area contributed by atoms with E-state index in [9.17, 15) is 0 Å².